The van der Waals surface area contributed by atoms with Gasteiger partial charge in [-0.15, -0.1) is 0 Å². The third-order valence-electron chi connectivity index (χ3n) is 6.05. The molecule has 2 rings (SSSR count). The molecule has 2 nitrogen and oxygen atoms in total. The maximum atomic E-state index is 13.8. The third kappa shape index (κ3) is 5.69. The van der Waals surface area contributed by atoms with Gasteiger partial charge in [-0.1, -0.05) is 70.2 Å². The highest BCUT2D eigenvalue weighted by Gasteiger charge is 2.73. The number of ether oxygens (including phenoxy) is 2. The highest BCUT2D eigenvalue weighted by Crippen LogP contribution is 2.53. The largest absolute Gasteiger partial charge is 0.430 e. The Bertz CT molecular complexity index is 619. The van der Waals surface area contributed by atoms with Crippen molar-refractivity contribution in [3.05, 3.63) is 35.4 Å². The second kappa shape index (κ2) is 10.4. The molecule has 1 aliphatic rings. The lowest BCUT2D eigenvalue weighted by molar-refractivity contribution is -0.401. The fourth-order valence-corrected chi connectivity index (χ4v) is 3.93. The van der Waals surface area contributed by atoms with E-state index in [9.17, 15) is 26.3 Å². The third-order valence-corrected chi connectivity index (χ3v) is 6.05. The molecular weight excluding hydrogens is 410 g/mol. The Morgan fingerprint density at radius 2 is 1.50 bits per heavy atom. The van der Waals surface area contributed by atoms with Crippen LogP contribution >= 0.6 is 0 Å². The lowest BCUT2D eigenvalue weighted by Gasteiger charge is -2.37. The fraction of sp³-hybridized carbons (Fsp3) is 0.727. The van der Waals surface area contributed by atoms with E-state index in [-0.39, 0.29) is 12.5 Å². The van der Waals surface area contributed by atoms with Crippen LogP contribution < -0.4 is 0 Å². The molecule has 0 N–H and O–H groups in total. The highest BCUT2D eigenvalue weighted by atomic mass is 19.4. The zero-order chi connectivity index (χ0) is 22.4. The minimum Gasteiger partial charge on any atom is -0.355 e. The molecule has 0 spiro atoms. The Kier molecular flexibility index (Phi) is 8.62. The Balaban J connectivity index is 2.15. The lowest BCUT2D eigenvalue weighted by atomic mass is 9.87. The molecule has 0 saturated heterocycles. The first-order chi connectivity index (χ1) is 14.0. The molecule has 1 atom stereocenters. The van der Waals surface area contributed by atoms with E-state index in [1.54, 1.807) is 0 Å². The molecule has 1 fully saturated rings. The smallest absolute Gasteiger partial charge is 0.355 e. The Labute approximate surface area is 173 Å². The van der Waals surface area contributed by atoms with E-state index in [0.717, 1.165) is 44.2 Å². The van der Waals surface area contributed by atoms with Crippen molar-refractivity contribution in [2.24, 2.45) is 5.92 Å². The molecule has 1 aliphatic carbocycles. The predicted molar refractivity (Wildman–Crippen MR) is 102 cm³/mol. The number of halogens is 6. The predicted octanol–water partition coefficient (Wildman–Crippen LogP) is 7.48. The zero-order valence-corrected chi connectivity index (χ0v) is 17.4. The van der Waals surface area contributed by atoms with Gasteiger partial charge in [0, 0.05) is 12.2 Å². The SMILES string of the molecule is CCC(C)c1ccc(C(OCOCCC2CCCCC2)(C(F)(F)F)C(F)(F)F)cc1. The summed E-state index contributed by atoms with van der Waals surface area (Å²) in [6.45, 7) is 2.73. The maximum Gasteiger partial charge on any atom is 0.430 e. The molecule has 172 valence electrons. The molecule has 0 aromatic heterocycles. The van der Waals surface area contributed by atoms with Gasteiger partial charge in [0.2, 0.25) is 0 Å². The molecule has 0 heterocycles. The topological polar surface area (TPSA) is 18.5 Å². The zero-order valence-electron chi connectivity index (χ0n) is 17.4. The lowest BCUT2D eigenvalue weighted by Crippen LogP contribution is -2.56. The summed E-state index contributed by atoms with van der Waals surface area (Å²) in [5.41, 5.74) is -4.76. The number of rotatable bonds is 9. The van der Waals surface area contributed by atoms with E-state index in [1.807, 2.05) is 13.8 Å². The van der Waals surface area contributed by atoms with E-state index in [0.29, 0.717) is 24.3 Å². The van der Waals surface area contributed by atoms with Crippen LogP contribution in [-0.4, -0.2) is 25.8 Å². The van der Waals surface area contributed by atoms with Crippen molar-refractivity contribution >= 4 is 0 Å². The van der Waals surface area contributed by atoms with Crippen molar-refractivity contribution in [3.63, 3.8) is 0 Å². The van der Waals surface area contributed by atoms with Crippen LogP contribution in [0.3, 0.4) is 0 Å². The van der Waals surface area contributed by atoms with Gasteiger partial charge in [-0.3, -0.25) is 0 Å². The van der Waals surface area contributed by atoms with Gasteiger partial charge in [0.25, 0.3) is 5.60 Å². The summed E-state index contributed by atoms with van der Waals surface area (Å²) in [7, 11) is 0. The van der Waals surface area contributed by atoms with Gasteiger partial charge >= 0.3 is 12.4 Å². The Morgan fingerprint density at radius 3 is 2.00 bits per heavy atom. The van der Waals surface area contributed by atoms with Gasteiger partial charge in [-0.25, -0.2) is 0 Å². The minimum absolute atomic E-state index is 0.0225. The standard InChI is InChI=1S/C22H30F6O2/c1-3-16(2)18-9-11-19(12-10-18)20(21(23,24)25,22(26,27)28)30-15-29-14-13-17-7-5-4-6-8-17/h9-12,16-17H,3-8,13-15H2,1-2H3. The van der Waals surface area contributed by atoms with Crippen LogP contribution in [0.4, 0.5) is 26.3 Å². The highest BCUT2D eigenvalue weighted by molar-refractivity contribution is 5.32. The number of alkyl halides is 6. The fourth-order valence-electron chi connectivity index (χ4n) is 3.93. The van der Waals surface area contributed by atoms with Crippen LogP contribution in [0.2, 0.25) is 0 Å². The first-order valence-electron chi connectivity index (χ1n) is 10.5. The number of benzene rings is 1. The summed E-state index contributed by atoms with van der Waals surface area (Å²) in [6, 6.07) is 4.29. The summed E-state index contributed by atoms with van der Waals surface area (Å²) in [6.07, 6.45) is -4.68. The van der Waals surface area contributed by atoms with Crippen molar-refractivity contribution in [3.8, 4) is 0 Å². The van der Waals surface area contributed by atoms with Crippen molar-refractivity contribution in [1.29, 1.82) is 0 Å². The van der Waals surface area contributed by atoms with Crippen LogP contribution in [0.25, 0.3) is 0 Å². The molecule has 1 aromatic carbocycles. The molecule has 1 unspecified atom stereocenters. The minimum atomic E-state index is -5.70. The molecule has 1 aromatic rings. The molecule has 30 heavy (non-hydrogen) atoms. The van der Waals surface area contributed by atoms with E-state index in [2.05, 4.69) is 4.74 Å². The van der Waals surface area contributed by atoms with Crippen molar-refractivity contribution in [1.82, 2.24) is 0 Å². The van der Waals surface area contributed by atoms with Gasteiger partial charge in [-0.05, 0) is 30.2 Å². The van der Waals surface area contributed by atoms with Crippen LogP contribution in [-0.2, 0) is 15.1 Å². The first kappa shape index (κ1) is 25.0. The quantitative estimate of drug-likeness (QED) is 0.225. The molecule has 0 bridgehead atoms. The van der Waals surface area contributed by atoms with E-state index >= 15 is 0 Å². The van der Waals surface area contributed by atoms with Crippen LogP contribution in [0.1, 0.15) is 75.8 Å². The maximum absolute atomic E-state index is 13.8. The monoisotopic (exact) mass is 440 g/mol. The van der Waals surface area contributed by atoms with Gasteiger partial charge in [0.15, 0.2) is 0 Å². The second-order valence-corrected chi connectivity index (χ2v) is 8.07. The average molecular weight is 440 g/mol. The molecule has 8 heteroatoms. The van der Waals surface area contributed by atoms with Crippen LogP contribution in [0, 0.1) is 5.92 Å². The Hall–Kier alpha value is -1.28. The molecule has 0 radical (unpaired) electrons. The first-order valence-corrected chi connectivity index (χ1v) is 10.5. The normalized spacial score (nSPS) is 17.9. The summed E-state index contributed by atoms with van der Waals surface area (Å²) < 4.78 is 92.2. The van der Waals surface area contributed by atoms with Crippen molar-refractivity contribution in [2.45, 2.75) is 82.7 Å². The van der Waals surface area contributed by atoms with E-state index in [1.165, 1.54) is 12.1 Å². The van der Waals surface area contributed by atoms with E-state index < -0.39 is 30.3 Å². The van der Waals surface area contributed by atoms with Crippen LogP contribution in [0.5, 0.6) is 0 Å². The Morgan fingerprint density at radius 1 is 0.933 bits per heavy atom. The number of hydrogen-bond acceptors (Lipinski definition) is 2. The van der Waals surface area contributed by atoms with E-state index in [4.69, 9.17) is 4.74 Å². The van der Waals surface area contributed by atoms with Gasteiger partial charge in [-0.2, -0.15) is 26.3 Å². The summed E-state index contributed by atoms with van der Waals surface area (Å²) in [4.78, 5) is 0. The van der Waals surface area contributed by atoms with Crippen LogP contribution in [0.15, 0.2) is 24.3 Å². The van der Waals surface area contributed by atoms with Gasteiger partial charge in [0.05, 0.1) is 0 Å². The second-order valence-electron chi connectivity index (χ2n) is 8.07. The van der Waals surface area contributed by atoms with Gasteiger partial charge < -0.3 is 9.47 Å². The molecular formula is C22H30F6O2. The summed E-state index contributed by atoms with van der Waals surface area (Å²) in [5, 5.41) is 0. The average Bonchev–Trinajstić information content (AvgIpc) is 2.69. The molecule has 0 aliphatic heterocycles. The summed E-state index contributed by atoms with van der Waals surface area (Å²) in [5.74, 6) is 0.427. The van der Waals surface area contributed by atoms with Crippen molar-refractivity contribution in [2.75, 3.05) is 13.4 Å². The van der Waals surface area contributed by atoms with Gasteiger partial charge in [0.1, 0.15) is 6.79 Å². The molecule has 0 amide bonds. The number of hydrogen-bond donors (Lipinski definition) is 0. The molecule has 1 saturated carbocycles. The van der Waals surface area contributed by atoms with Crippen molar-refractivity contribution < 1.29 is 35.8 Å². The summed E-state index contributed by atoms with van der Waals surface area (Å²) >= 11 is 0.